The second kappa shape index (κ2) is 9.61. The average molecular weight is 435 g/mol. The SMILES string of the molecule is Cc1cc(CNC(C)c2ccc(Cl)c(Cl)c2)ccc1OCCN1C(=O)CCC1=O. The summed E-state index contributed by atoms with van der Waals surface area (Å²) >= 11 is 12.1. The number of hydrogen-bond acceptors (Lipinski definition) is 4. The Balaban J connectivity index is 1.51. The van der Waals surface area contributed by atoms with Gasteiger partial charge in [-0.3, -0.25) is 14.5 Å². The first-order valence-electron chi connectivity index (χ1n) is 9.59. The summed E-state index contributed by atoms with van der Waals surface area (Å²) < 4.78 is 5.78. The van der Waals surface area contributed by atoms with Crippen molar-refractivity contribution in [3.05, 3.63) is 63.1 Å². The zero-order valence-corrected chi connectivity index (χ0v) is 18.0. The number of aryl methyl sites for hydroxylation is 1. The minimum absolute atomic E-state index is 0.118. The molecule has 5 nitrogen and oxygen atoms in total. The average Bonchev–Trinajstić information content (AvgIpc) is 3.01. The number of hydrogen-bond donors (Lipinski definition) is 1. The minimum atomic E-state index is -0.118. The second-order valence-corrected chi connectivity index (χ2v) is 7.98. The Hall–Kier alpha value is -2.08. The lowest BCUT2D eigenvalue weighted by molar-refractivity contribution is -0.138. The smallest absolute Gasteiger partial charge is 0.229 e. The van der Waals surface area contributed by atoms with Gasteiger partial charge in [0.1, 0.15) is 12.4 Å². The molecule has 1 fully saturated rings. The van der Waals surface area contributed by atoms with Gasteiger partial charge in [0.15, 0.2) is 0 Å². The van der Waals surface area contributed by atoms with Gasteiger partial charge in [-0.05, 0) is 48.7 Å². The number of halogens is 2. The van der Waals surface area contributed by atoms with E-state index in [-0.39, 0.29) is 17.9 Å². The van der Waals surface area contributed by atoms with Crippen LogP contribution in [-0.4, -0.2) is 29.9 Å². The summed E-state index contributed by atoms with van der Waals surface area (Å²) in [5.41, 5.74) is 3.21. The molecule has 1 aliphatic heterocycles. The lowest BCUT2D eigenvalue weighted by Gasteiger charge is -2.17. The topological polar surface area (TPSA) is 58.6 Å². The van der Waals surface area contributed by atoms with Gasteiger partial charge < -0.3 is 10.1 Å². The van der Waals surface area contributed by atoms with E-state index in [1.54, 1.807) is 6.07 Å². The molecule has 1 atom stereocenters. The van der Waals surface area contributed by atoms with E-state index in [4.69, 9.17) is 27.9 Å². The molecule has 2 amide bonds. The molecular weight excluding hydrogens is 411 g/mol. The van der Waals surface area contributed by atoms with Gasteiger partial charge in [-0.15, -0.1) is 0 Å². The van der Waals surface area contributed by atoms with Crippen molar-refractivity contribution in [1.29, 1.82) is 0 Å². The third kappa shape index (κ3) is 5.50. The molecule has 0 aliphatic carbocycles. The standard InChI is InChI=1S/C22H24Cl2N2O3/c1-14-11-16(13-25-15(2)17-4-5-18(23)19(24)12-17)3-6-20(14)29-10-9-26-21(27)7-8-22(26)28/h3-6,11-12,15,25H,7-10,13H2,1-2H3. The van der Waals surface area contributed by atoms with E-state index in [1.807, 2.05) is 31.2 Å². The summed E-state index contributed by atoms with van der Waals surface area (Å²) in [4.78, 5) is 24.5. The van der Waals surface area contributed by atoms with Crippen LogP contribution in [0.4, 0.5) is 0 Å². The number of nitrogens with zero attached hydrogens (tertiary/aromatic N) is 1. The lowest BCUT2D eigenvalue weighted by atomic mass is 10.1. The van der Waals surface area contributed by atoms with Gasteiger partial charge in [-0.25, -0.2) is 0 Å². The highest BCUT2D eigenvalue weighted by Gasteiger charge is 2.28. The summed E-state index contributed by atoms with van der Waals surface area (Å²) in [5, 5.41) is 4.57. The Kier molecular flexibility index (Phi) is 7.17. The highest BCUT2D eigenvalue weighted by Crippen LogP contribution is 2.26. The normalized spacial score (nSPS) is 15.1. The number of likely N-dealkylation sites (tertiary alicyclic amines) is 1. The molecule has 1 saturated heterocycles. The summed E-state index contributed by atoms with van der Waals surface area (Å²) in [7, 11) is 0. The zero-order valence-electron chi connectivity index (χ0n) is 16.5. The second-order valence-electron chi connectivity index (χ2n) is 7.16. The van der Waals surface area contributed by atoms with Crippen LogP contribution < -0.4 is 10.1 Å². The quantitative estimate of drug-likeness (QED) is 0.612. The third-order valence-electron chi connectivity index (χ3n) is 5.02. The molecule has 0 spiro atoms. The highest BCUT2D eigenvalue weighted by atomic mass is 35.5. The number of ether oxygens (including phenoxy) is 1. The monoisotopic (exact) mass is 434 g/mol. The van der Waals surface area contributed by atoms with Crippen molar-refractivity contribution in [2.75, 3.05) is 13.2 Å². The Morgan fingerprint density at radius 2 is 1.79 bits per heavy atom. The molecule has 0 saturated carbocycles. The number of imide groups is 1. The fraction of sp³-hybridized carbons (Fsp3) is 0.364. The molecule has 1 heterocycles. The van der Waals surface area contributed by atoms with Crippen LogP contribution in [0, 0.1) is 6.92 Å². The van der Waals surface area contributed by atoms with Crippen molar-refractivity contribution in [2.24, 2.45) is 0 Å². The summed E-state index contributed by atoms with van der Waals surface area (Å²) in [6.07, 6.45) is 0.612. The van der Waals surface area contributed by atoms with Gasteiger partial charge in [0.2, 0.25) is 11.8 Å². The number of carbonyl (C=O) groups excluding carboxylic acids is 2. The van der Waals surface area contributed by atoms with Crippen molar-refractivity contribution in [2.45, 2.75) is 39.3 Å². The summed E-state index contributed by atoms with van der Waals surface area (Å²) in [6.45, 7) is 5.34. The third-order valence-corrected chi connectivity index (χ3v) is 5.76. The molecular formula is C22H24Cl2N2O3. The molecule has 0 bridgehead atoms. The molecule has 29 heavy (non-hydrogen) atoms. The first-order valence-corrected chi connectivity index (χ1v) is 10.3. The summed E-state index contributed by atoms with van der Waals surface area (Å²) in [5.74, 6) is 0.519. The first-order chi connectivity index (χ1) is 13.8. The lowest BCUT2D eigenvalue weighted by Crippen LogP contribution is -2.33. The zero-order chi connectivity index (χ0) is 21.0. The fourth-order valence-electron chi connectivity index (χ4n) is 3.27. The molecule has 7 heteroatoms. The van der Waals surface area contributed by atoms with Crippen LogP contribution in [0.1, 0.15) is 42.5 Å². The number of amides is 2. The Morgan fingerprint density at radius 3 is 2.45 bits per heavy atom. The maximum absolute atomic E-state index is 11.6. The van der Waals surface area contributed by atoms with Gasteiger partial charge in [-0.1, -0.05) is 41.4 Å². The van der Waals surface area contributed by atoms with E-state index in [1.165, 1.54) is 4.90 Å². The van der Waals surface area contributed by atoms with Crippen LogP contribution in [0.2, 0.25) is 10.0 Å². The van der Waals surface area contributed by atoms with Crippen LogP contribution >= 0.6 is 23.2 Å². The van der Waals surface area contributed by atoms with Gasteiger partial charge in [0.25, 0.3) is 0 Å². The maximum atomic E-state index is 11.6. The van der Waals surface area contributed by atoms with Crippen LogP contribution in [0.25, 0.3) is 0 Å². The molecule has 1 aliphatic rings. The molecule has 154 valence electrons. The maximum Gasteiger partial charge on any atom is 0.229 e. The Morgan fingerprint density at radius 1 is 1.07 bits per heavy atom. The van der Waals surface area contributed by atoms with Crippen LogP contribution in [-0.2, 0) is 16.1 Å². The number of nitrogens with one attached hydrogen (secondary N) is 1. The van der Waals surface area contributed by atoms with E-state index in [9.17, 15) is 9.59 Å². The largest absolute Gasteiger partial charge is 0.491 e. The minimum Gasteiger partial charge on any atom is -0.491 e. The van der Waals surface area contributed by atoms with E-state index >= 15 is 0 Å². The van der Waals surface area contributed by atoms with E-state index in [0.717, 1.165) is 22.4 Å². The predicted molar refractivity (Wildman–Crippen MR) is 114 cm³/mol. The van der Waals surface area contributed by atoms with E-state index in [2.05, 4.69) is 18.3 Å². The first kappa shape index (κ1) is 21.6. The highest BCUT2D eigenvalue weighted by molar-refractivity contribution is 6.42. The van der Waals surface area contributed by atoms with Crippen LogP contribution in [0.15, 0.2) is 36.4 Å². The molecule has 1 N–H and O–H groups in total. The number of carbonyl (C=O) groups is 2. The van der Waals surface area contributed by atoms with Crippen molar-refractivity contribution < 1.29 is 14.3 Å². The van der Waals surface area contributed by atoms with Crippen molar-refractivity contribution in [1.82, 2.24) is 10.2 Å². The molecule has 1 unspecified atom stereocenters. The predicted octanol–water partition coefficient (Wildman–Crippen LogP) is 4.68. The van der Waals surface area contributed by atoms with Gasteiger partial charge >= 0.3 is 0 Å². The summed E-state index contributed by atoms with van der Waals surface area (Å²) in [6, 6.07) is 11.8. The Labute approximate surface area is 180 Å². The number of rotatable bonds is 8. The van der Waals surface area contributed by atoms with E-state index < -0.39 is 0 Å². The van der Waals surface area contributed by atoms with Crippen molar-refractivity contribution in [3.63, 3.8) is 0 Å². The Bertz CT molecular complexity index is 901. The number of benzene rings is 2. The molecule has 2 aromatic carbocycles. The van der Waals surface area contributed by atoms with Gasteiger partial charge in [0.05, 0.1) is 16.6 Å². The fourth-order valence-corrected chi connectivity index (χ4v) is 3.58. The van der Waals surface area contributed by atoms with Crippen molar-refractivity contribution in [3.8, 4) is 5.75 Å². The van der Waals surface area contributed by atoms with E-state index in [0.29, 0.717) is 42.6 Å². The van der Waals surface area contributed by atoms with Crippen LogP contribution in [0.3, 0.4) is 0 Å². The molecule has 3 rings (SSSR count). The molecule has 0 radical (unpaired) electrons. The van der Waals surface area contributed by atoms with Crippen molar-refractivity contribution >= 4 is 35.0 Å². The molecule has 0 aromatic heterocycles. The van der Waals surface area contributed by atoms with Gasteiger partial charge in [-0.2, -0.15) is 0 Å². The molecule has 2 aromatic rings. The van der Waals surface area contributed by atoms with Crippen LogP contribution in [0.5, 0.6) is 5.75 Å². The van der Waals surface area contributed by atoms with Gasteiger partial charge in [0, 0.05) is 25.4 Å².